The minimum Gasteiger partial charge on any atom is -0.318 e. The minimum atomic E-state index is -1.38. The van der Waals surface area contributed by atoms with Crippen molar-refractivity contribution in [2.75, 3.05) is 5.32 Å². The molecule has 1 aromatic carbocycles. The molecule has 0 bridgehead atoms. The lowest BCUT2D eigenvalue weighted by Gasteiger charge is -2.07. The third-order valence-corrected chi connectivity index (χ3v) is 2.85. The molecule has 0 saturated heterocycles. The van der Waals surface area contributed by atoms with E-state index in [9.17, 15) is 18.0 Å². The van der Waals surface area contributed by atoms with Crippen molar-refractivity contribution in [2.45, 2.75) is 0 Å². The molecule has 0 radical (unpaired) electrons. The molecule has 2 rings (SSSR count). The number of nitrogens with one attached hydrogen (secondary N) is 1. The highest BCUT2D eigenvalue weighted by Crippen LogP contribution is 2.21. The Morgan fingerprint density at radius 2 is 2.00 bits per heavy atom. The predicted molar refractivity (Wildman–Crippen MR) is 66.2 cm³/mol. The predicted octanol–water partition coefficient (Wildman–Crippen LogP) is 3.51. The first-order valence-corrected chi connectivity index (χ1v) is 5.84. The lowest BCUT2D eigenvalue weighted by atomic mass is 10.2. The van der Waals surface area contributed by atoms with Crippen molar-refractivity contribution in [1.29, 1.82) is 0 Å². The first-order valence-electron chi connectivity index (χ1n) is 5.05. The van der Waals surface area contributed by atoms with E-state index in [-0.39, 0.29) is 5.69 Å². The molecule has 0 spiro atoms. The SMILES string of the molecule is O=C(Nc1cc(F)cc(F)c1F)c1ncccc1Br. The molecule has 0 aliphatic rings. The molecule has 1 N–H and O–H groups in total. The van der Waals surface area contributed by atoms with Gasteiger partial charge in [-0.2, -0.15) is 0 Å². The Hall–Kier alpha value is -1.89. The van der Waals surface area contributed by atoms with Crippen LogP contribution in [0.25, 0.3) is 0 Å². The largest absolute Gasteiger partial charge is 0.318 e. The second kappa shape index (κ2) is 5.40. The number of halogens is 4. The highest BCUT2D eigenvalue weighted by molar-refractivity contribution is 9.10. The number of hydrogen-bond donors (Lipinski definition) is 1. The van der Waals surface area contributed by atoms with Gasteiger partial charge in [-0.15, -0.1) is 0 Å². The molecular weight excluding hydrogens is 325 g/mol. The summed E-state index contributed by atoms with van der Waals surface area (Å²) in [4.78, 5) is 15.6. The van der Waals surface area contributed by atoms with Gasteiger partial charge in [-0.3, -0.25) is 4.79 Å². The van der Waals surface area contributed by atoms with Crippen LogP contribution in [0.4, 0.5) is 18.9 Å². The monoisotopic (exact) mass is 330 g/mol. The fraction of sp³-hybridized carbons (Fsp3) is 0. The summed E-state index contributed by atoms with van der Waals surface area (Å²) in [6.07, 6.45) is 1.36. The van der Waals surface area contributed by atoms with Crippen LogP contribution in [-0.2, 0) is 0 Å². The smallest absolute Gasteiger partial charge is 0.275 e. The van der Waals surface area contributed by atoms with Crippen LogP contribution in [0.3, 0.4) is 0 Å². The maximum Gasteiger partial charge on any atom is 0.275 e. The third-order valence-electron chi connectivity index (χ3n) is 2.21. The summed E-state index contributed by atoms with van der Waals surface area (Å²) in [6, 6.07) is 4.22. The van der Waals surface area contributed by atoms with E-state index in [1.54, 1.807) is 12.1 Å². The molecule has 1 aromatic heterocycles. The van der Waals surface area contributed by atoms with Gasteiger partial charge >= 0.3 is 0 Å². The Bertz CT molecular complexity index is 649. The molecule has 19 heavy (non-hydrogen) atoms. The van der Waals surface area contributed by atoms with E-state index in [0.717, 1.165) is 0 Å². The average Bonchev–Trinajstić information content (AvgIpc) is 2.35. The Morgan fingerprint density at radius 1 is 1.26 bits per heavy atom. The van der Waals surface area contributed by atoms with Crippen molar-refractivity contribution in [3.8, 4) is 0 Å². The number of amides is 1. The molecule has 1 amide bonds. The topological polar surface area (TPSA) is 42.0 Å². The van der Waals surface area contributed by atoms with Gasteiger partial charge in [-0.1, -0.05) is 0 Å². The van der Waals surface area contributed by atoms with Gasteiger partial charge < -0.3 is 5.32 Å². The zero-order valence-electron chi connectivity index (χ0n) is 9.25. The van der Waals surface area contributed by atoms with Gasteiger partial charge in [0.15, 0.2) is 11.6 Å². The molecule has 0 fully saturated rings. The highest BCUT2D eigenvalue weighted by Gasteiger charge is 2.16. The Kier molecular flexibility index (Phi) is 3.84. The molecule has 0 unspecified atom stereocenters. The van der Waals surface area contributed by atoms with Gasteiger partial charge in [0.2, 0.25) is 0 Å². The van der Waals surface area contributed by atoms with Crippen LogP contribution in [0.15, 0.2) is 34.9 Å². The number of anilines is 1. The highest BCUT2D eigenvalue weighted by atomic mass is 79.9. The molecule has 0 aliphatic carbocycles. The summed E-state index contributed by atoms with van der Waals surface area (Å²) >= 11 is 3.09. The summed E-state index contributed by atoms with van der Waals surface area (Å²) in [7, 11) is 0. The number of nitrogens with zero attached hydrogens (tertiary/aromatic N) is 1. The summed E-state index contributed by atoms with van der Waals surface area (Å²) in [6.45, 7) is 0. The van der Waals surface area contributed by atoms with Gasteiger partial charge in [0.1, 0.15) is 11.5 Å². The average molecular weight is 331 g/mol. The fourth-order valence-corrected chi connectivity index (χ4v) is 1.82. The summed E-state index contributed by atoms with van der Waals surface area (Å²) in [5.41, 5.74) is -0.605. The second-order valence-electron chi connectivity index (χ2n) is 3.54. The van der Waals surface area contributed by atoms with Gasteiger partial charge in [-0.25, -0.2) is 18.2 Å². The Labute approximate surface area is 114 Å². The van der Waals surface area contributed by atoms with E-state index in [1.165, 1.54) is 6.20 Å². The molecule has 0 atom stereocenters. The molecule has 2 aromatic rings. The number of hydrogen-bond acceptors (Lipinski definition) is 2. The fourth-order valence-electron chi connectivity index (χ4n) is 1.38. The molecule has 98 valence electrons. The van der Waals surface area contributed by atoms with E-state index >= 15 is 0 Å². The summed E-state index contributed by atoms with van der Waals surface area (Å²) < 4.78 is 39.7. The number of benzene rings is 1. The Morgan fingerprint density at radius 3 is 2.68 bits per heavy atom. The number of carbonyl (C=O) groups excluding carboxylic acids is 1. The summed E-state index contributed by atoms with van der Waals surface area (Å²) in [5.74, 6) is -4.48. The zero-order chi connectivity index (χ0) is 14.0. The van der Waals surface area contributed by atoms with Gasteiger partial charge in [0.05, 0.1) is 5.69 Å². The molecule has 1 heterocycles. The lowest BCUT2D eigenvalue weighted by molar-refractivity contribution is 0.102. The number of aromatic nitrogens is 1. The quantitative estimate of drug-likeness (QED) is 0.856. The second-order valence-corrected chi connectivity index (χ2v) is 4.39. The molecule has 0 saturated carbocycles. The Balaban J connectivity index is 2.32. The van der Waals surface area contributed by atoms with Crippen molar-refractivity contribution in [3.63, 3.8) is 0 Å². The number of carbonyl (C=O) groups is 1. The van der Waals surface area contributed by atoms with Gasteiger partial charge in [0.25, 0.3) is 5.91 Å². The molecule has 0 aliphatic heterocycles. The lowest BCUT2D eigenvalue weighted by Crippen LogP contribution is -2.16. The van der Waals surface area contributed by atoms with E-state index < -0.39 is 29.0 Å². The normalized spacial score (nSPS) is 10.3. The van der Waals surface area contributed by atoms with E-state index in [4.69, 9.17) is 0 Å². The first kappa shape index (κ1) is 13.5. The van der Waals surface area contributed by atoms with Crippen molar-refractivity contribution < 1.29 is 18.0 Å². The van der Waals surface area contributed by atoms with Crippen molar-refractivity contribution >= 4 is 27.5 Å². The van der Waals surface area contributed by atoms with Crippen LogP contribution in [0.5, 0.6) is 0 Å². The standard InChI is InChI=1S/C12H6BrF3N2O/c13-7-2-1-3-17-11(7)12(19)18-9-5-6(14)4-8(15)10(9)16/h1-5H,(H,18,19). The van der Waals surface area contributed by atoms with Crippen LogP contribution in [0.2, 0.25) is 0 Å². The maximum atomic E-state index is 13.4. The van der Waals surface area contributed by atoms with Crippen molar-refractivity contribution in [3.05, 3.63) is 58.1 Å². The maximum absolute atomic E-state index is 13.4. The van der Waals surface area contributed by atoms with Crippen LogP contribution >= 0.6 is 15.9 Å². The number of pyridine rings is 1. The van der Waals surface area contributed by atoms with E-state index in [2.05, 4.69) is 26.2 Å². The van der Waals surface area contributed by atoms with Crippen LogP contribution < -0.4 is 5.32 Å². The minimum absolute atomic E-state index is 0.0217. The van der Waals surface area contributed by atoms with Gasteiger partial charge in [0, 0.05) is 22.8 Å². The van der Waals surface area contributed by atoms with Crippen LogP contribution in [0.1, 0.15) is 10.5 Å². The van der Waals surface area contributed by atoms with E-state index in [1.807, 2.05) is 0 Å². The first-order chi connectivity index (χ1) is 8.99. The van der Waals surface area contributed by atoms with Crippen molar-refractivity contribution in [2.24, 2.45) is 0 Å². The summed E-state index contributed by atoms with van der Waals surface area (Å²) in [5, 5.41) is 2.06. The van der Waals surface area contributed by atoms with Gasteiger partial charge in [-0.05, 0) is 28.1 Å². The third kappa shape index (κ3) is 2.93. The number of rotatable bonds is 2. The van der Waals surface area contributed by atoms with Crippen LogP contribution in [-0.4, -0.2) is 10.9 Å². The molecule has 3 nitrogen and oxygen atoms in total. The molecular formula is C12H6BrF3N2O. The van der Waals surface area contributed by atoms with E-state index in [0.29, 0.717) is 16.6 Å². The van der Waals surface area contributed by atoms with Crippen molar-refractivity contribution in [1.82, 2.24) is 4.98 Å². The zero-order valence-corrected chi connectivity index (χ0v) is 10.8. The molecule has 7 heteroatoms. The van der Waals surface area contributed by atoms with Crippen LogP contribution in [0, 0.1) is 17.5 Å².